The molecule has 0 aromatic heterocycles. The van der Waals surface area contributed by atoms with Crippen LogP contribution in [0.5, 0.6) is 11.5 Å². The number of rotatable bonds is 6. The maximum Gasteiger partial charge on any atom is 0.269 e. The Morgan fingerprint density at radius 2 is 1.21 bits per heavy atom. The lowest BCUT2D eigenvalue weighted by Crippen LogP contribution is -2.41. The van der Waals surface area contributed by atoms with Crippen molar-refractivity contribution >= 4 is 11.8 Å². The average molecular weight is 376 g/mol. The second kappa shape index (κ2) is 9.23. The highest BCUT2D eigenvalue weighted by molar-refractivity contribution is 5.99. The molecule has 3 aromatic carbocycles. The van der Waals surface area contributed by atoms with E-state index in [2.05, 4.69) is 10.9 Å². The van der Waals surface area contributed by atoms with Crippen LogP contribution in [0.1, 0.15) is 26.3 Å². The highest BCUT2D eigenvalue weighted by atomic mass is 16.5. The highest BCUT2D eigenvalue weighted by Gasteiger charge is 2.09. The van der Waals surface area contributed by atoms with Gasteiger partial charge in [0.2, 0.25) is 0 Å². The lowest BCUT2D eigenvalue weighted by Gasteiger charge is -2.09. The predicted octanol–water partition coefficient (Wildman–Crippen LogP) is 3.35. The van der Waals surface area contributed by atoms with Gasteiger partial charge in [0, 0.05) is 11.1 Å². The SMILES string of the molecule is COc1ccc(C(=O)NNC(=O)c2ccc(OCc3ccccc3)cc2)cc1. The Hall–Kier alpha value is -3.80. The molecule has 0 spiro atoms. The lowest BCUT2D eigenvalue weighted by atomic mass is 10.2. The maximum absolute atomic E-state index is 12.2. The van der Waals surface area contributed by atoms with Gasteiger partial charge in [0.05, 0.1) is 7.11 Å². The van der Waals surface area contributed by atoms with Crippen molar-refractivity contribution in [2.75, 3.05) is 7.11 Å². The van der Waals surface area contributed by atoms with Gasteiger partial charge in [-0.15, -0.1) is 0 Å². The van der Waals surface area contributed by atoms with E-state index in [4.69, 9.17) is 9.47 Å². The van der Waals surface area contributed by atoms with E-state index in [9.17, 15) is 9.59 Å². The Kier molecular flexibility index (Phi) is 6.25. The second-order valence-electron chi connectivity index (χ2n) is 5.94. The fourth-order valence-corrected chi connectivity index (χ4v) is 2.44. The summed E-state index contributed by atoms with van der Waals surface area (Å²) in [5.74, 6) is 0.466. The highest BCUT2D eigenvalue weighted by Crippen LogP contribution is 2.14. The van der Waals surface area contributed by atoms with Crippen LogP contribution in [0.4, 0.5) is 0 Å². The molecule has 2 N–H and O–H groups in total. The number of carbonyl (C=O) groups excluding carboxylic acids is 2. The molecule has 6 nitrogen and oxygen atoms in total. The molecular formula is C22H20N2O4. The van der Waals surface area contributed by atoms with Gasteiger partial charge in [-0.3, -0.25) is 20.4 Å². The lowest BCUT2D eigenvalue weighted by molar-refractivity contribution is 0.0846. The number of hydrogen-bond donors (Lipinski definition) is 2. The summed E-state index contributed by atoms with van der Waals surface area (Å²) in [5, 5.41) is 0. The van der Waals surface area contributed by atoms with Gasteiger partial charge in [0.15, 0.2) is 0 Å². The van der Waals surface area contributed by atoms with Crippen molar-refractivity contribution < 1.29 is 19.1 Å². The molecule has 0 heterocycles. The van der Waals surface area contributed by atoms with Gasteiger partial charge >= 0.3 is 0 Å². The largest absolute Gasteiger partial charge is 0.497 e. The standard InChI is InChI=1S/C22H20N2O4/c1-27-19-11-7-17(8-12-19)21(25)23-24-22(26)18-9-13-20(14-10-18)28-15-16-5-3-2-4-6-16/h2-14H,15H2,1H3,(H,23,25)(H,24,26). The number of methoxy groups -OCH3 is 1. The van der Waals surface area contributed by atoms with Gasteiger partial charge in [-0.25, -0.2) is 0 Å². The van der Waals surface area contributed by atoms with Crippen LogP contribution in [0, 0.1) is 0 Å². The van der Waals surface area contributed by atoms with Crippen LogP contribution in [-0.4, -0.2) is 18.9 Å². The molecule has 2 amide bonds. The fraction of sp³-hybridized carbons (Fsp3) is 0.0909. The monoisotopic (exact) mass is 376 g/mol. The summed E-state index contributed by atoms with van der Waals surface area (Å²) in [7, 11) is 1.55. The summed E-state index contributed by atoms with van der Waals surface area (Å²) in [5.41, 5.74) is 6.65. The van der Waals surface area contributed by atoms with E-state index in [1.54, 1.807) is 55.6 Å². The van der Waals surface area contributed by atoms with Crippen LogP contribution in [0.15, 0.2) is 78.9 Å². The zero-order valence-corrected chi connectivity index (χ0v) is 15.3. The predicted molar refractivity (Wildman–Crippen MR) is 105 cm³/mol. The van der Waals surface area contributed by atoms with E-state index in [1.807, 2.05) is 30.3 Å². The number of carbonyl (C=O) groups is 2. The maximum atomic E-state index is 12.2. The van der Waals surface area contributed by atoms with Crippen molar-refractivity contribution in [1.82, 2.24) is 10.9 Å². The van der Waals surface area contributed by atoms with Gasteiger partial charge in [-0.05, 0) is 54.1 Å². The smallest absolute Gasteiger partial charge is 0.269 e. The molecule has 3 rings (SSSR count). The Morgan fingerprint density at radius 1 is 0.714 bits per heavy atom. The van der Waals surface area contributed by atoms with E-state index in [-0.39, 0.29) is 0 Å². The molecule has 0 atom stereocenters. The van der Waals surface area contributed by atoms with Crippen LogP contribution in [0.2, 0.25) is 0 Å². The van der Waals surface area contributed by atoms with Crippen LogP contribution >= 0.6 is 0 Å². The molecule has 0 unspecified atom stereocenters. The summed E-state index contributed by atoms with van der Waals surface area (Å²) >= 11 is 0. The topological polar surface area (TPSA) is 76.7 Å². The zero-order valence-electron chi connectivity index (χ0n) is 15.3. The van der Waals surface area contributed by atoms with Crippen LogP contribution < -0.4 is 20.3 Å². The number of hydrogen-bond acceptors (Lipinski definition) is 4. The first-order chi connectivity index (χ1) is 13.7. The van der Waals surface area contributed by atoms with Crippen molar-refractivity contribution in [3.63, 3.8) is 0 Å². The summed E-state index contributed by atoms with van der Waals surface area (Å²) < 4.78 is 10.7. The number of hydrazine groups is 1. The second-order valence-corrected chi connectivity index (χ2v) is 5.94. The van der Waals surface area contributed by atoms with E-state index in [0.29, 0.717) is 29.2 Å². The fourth-order valence-electron chi connectivity index (χ4n) is 2.44. The molecule has 0 aliphatic rings. The molecule has 0 saturated heterocycles. The Balaban J connectivity index is 1.50. The Labute approximate surface area is 163 Å². The minimum absolute atomic E-state index is 0.405. The molecule has 6 heteroatoms. The summed E-state index contributed by atoms with van der Waals surface area (Å²) in [4.78, 5) is 24.3. The number of benzene rings is 3. The van der Waals surface area contributed by atoms with E-state index in [1.165, 1.54) is 0 Å². The minimum Gasteiger partial charge on any atom is -0.497 e. The summed E-state index contributed by atoms with van der Waals surface area (Å²) in [6.45, 7) is 0.449. The van der Waals surface area contributed by atoms with Crippen LogP contribution in [-0.2, 0) is 6.61 Å². The number of ether oxygens (including phenoxy) is 2. The summed E-state index contributed by atoms with van der Waals surface area (Å²) in [6, 6.07) is 23.1. The Bertz CT molecular complexity index is 923. The zero-order chi connectivity index (χ0) is 19.8. The quantitative estimate of drug-likeness (QED) is 0.647. The first-order valence-corrected chi connectivity index (χ1v) is 8.67. The van der Waals surface area contributed by atoms with E-state index >= 15 is 0 Å². The third kappa shape index (κ3) is 5.11. The summed E-state index contributed by atoms with van der Waals surface area (Å²) in [6.07, 6.45) is 0. The van der Waals surface area contributed by atoms with Gasteiger partial charge < -0.3 is 9.47 Å². The molecule has 0 bridgehead atoms. The molecule has 28 heavy (non-hydrogen) atoms. The molecule has 0 radical (unpaired) electrons. The van der Waals surface area contributed by atoms with Crippen molar-refractivity contribution in [2.24, 2.45) is 0 Å². The van der Waals surface area contributed by atoms with Crippen molar-refractivity contribution in [3.8, 4) is 11.5 Å². The van der Waals surface area contributed by atoms with E-state index < -0.39 is 11.8 Å². The molecule has 0 saturated carbocycles. The molecule has 0 aliphatic heterocycles. The third-order valence-electron chi connectivity index (χ3n) is 4.01. The van der Waals surface area contributed by atoms with Crippen molar-refractivity contribution in [2.45, 2.75) is 6.61 Å². The Morgan fingerprint density at radius 3 is 1.71 bits per heavy atom. The van der Waals surface area contributed by atoms with Gasteiger partial charge in [0.25, 0.3) is 11.8 Å². The van der Waals surface area contributed by atoms with Crippen LogP contribution in [0.25, 0.3) is 0 Å². The third-order valence-corrected chi connectivity index (χ3v) is 4.01. The molecule has 0 aliphatic carbocycles. The van der Waals surface area contributed by atoms with Crippen molar-refractivity contribution in [1.29, 1.82) is 0 Å². The minimum atomic E-state index is -0.420. The van der Waals surface area contributed by atoms with Crippen molar-refractivity contribution in [3.05, 3.63) is 95.6 Å². The molecular weight excluding hydrogens is 356 g/mol. The molecule has 142 valence electrons. The average Bonchev–Trinajstić information content (AvgIpc) is 2.77. The molecule has 3 aromatic rings. The molecule has 0 fully saturated rings. The first kappa shape index (κ1) is 19.0. The first-order valence-electron chi connectivity index (χ1n) is 8.67. The van der Waals surface area contributed by atoms with E-state index in [0.717, 1.165) is 5.56 Å². The number of nitrogens with one attached hydrogen (secondary N) is 2. The van der Waals surface area contributed by atoms with Gasteiger partial charge in [-0.2, -0.15) is 0 Å². The normalized spacial score (nSPS) is 10.0. The van der Waals surface area contributed by atoms with Gasteiger partial charge in [0.1, 0.15) is 18.1 Å². The van der Waals surface area contributed by atoms with Crippen LogP contribution in [0.3, 0.4) is 0 Å². The number of amides is 2. The van der Waals surface area contributed by atoms with Gasteiger partial charge in [-0.1, -0.05) is 30.3 Å².